The van der Waals surface area contributed by atoms with Crippen LogP contribution in [0.4, 0.5) is 0 Å². The predicted octanol–water partition coefficient (Wildman–Crippen LogP) is 6.09. The van der Waals surface area contributed by atoms with E-state index in [0.29, 0.717) is 5.78 Å². The van der Waals surface area contributed by atoms with E-state index < -0.39 is 0 Å². The number of allylic oxidation sites excluding steroid dienone is 2. The van der Waals surface area contributed by atoms with E-state index >= 15 is 0 Å². The maximum absolute atomic E-state index is 12.7. The fraction of sp³-hybridized carbons (Fsp3) is 0.458. The van der Waals surface area contributed by atoms with E-state index in [4.69, 9.17) is 0 Å². The molecule has 1 nitrogen and oxygen atoms in total. The number of hydrogen-bond donors (Lipinski definition) is 0. The molecule has 0 aromatic heterocycles. The van der Waals surface area contributed by atoms with Crippen LogP contribution in [-0.2, 0) is 10.8 Å². The number of rotatable bonds is 0. The summed E-state index contributed by atoms with van der Waals surface area (Å²) in [5, 5.41) is 2.51. The molecule has 2 aromatic rings. The smallest absolute Gasteiger partial charge is 0.163 e. The summed E-state index contributed by atoms with van der Waals surface area (Å²) < 4.78 is 0. The van der Waals surface area contributed by atoms with Gasteiger partial charge in [0.25, 0.3) is 0 Å². The van der Waals surface area contributed by atoms with E-state index in [9.17, 15) is 4.79 Å². The van der Waals surface area contributed by atoms with E-state index in [2.05, 4.69) is 57.2 Å². The molecule has 0 heterocycles. The molecule has 1 fully saturated rings. The summed E-state index contributed by atoms with van der Waals surface area (Å²) in [6, 6.07) is 11.4. The number of fused-ring (bicyclic) bond motifs is 6. The Morgan fingerprint density at radius 3 is 2.60 bits per heavy atom. The first-order valence-electron chi connectivity index (χ1n) is 9.67. The van der Waals surface area contributed by atoms with Crippen molar-refractivity contribution in [3.8, 4) is 0 Å². The number of carbonyl (C=O) groups is 1. The second-order valence-electron chi connectivity index (χ2n) is 9.46. The van der Waals surface area contributed by atoms with Gasteiger partial charge in [0.2, 0.25) is 0 Å². The quantitative estimate of drug-likeness (QED) is 0.534. The molecular formula is C24H26O. The lowest BCUT2D eigenvalue weighted by Crippen LogP contribution is -2.37. The van der Waals surface area contributed by atoms with E-state index in [1.54, 1.807) is 5.57 Å². The van der Waals surface area contributed by atoms with Crippen LogP contribution in [0.3, 0.4) is 0 Å². The van der Waals surface area contributed by atoms with Crippen LogP contribution in [0.1, 0.15) is 74.4 Å². The lowest BCUT2D eigenvalue weighted by atomic mass is 9.62. The van der Waals surface area contributed by atoms with Gasteiger partial charge in [-0.3, -0.25) is 4.79 Å². The second-order valence-corrected chi connectivity index (χ2v) is 9.46. The van der Waals surface area contributed by atoms with Crippen LogP contribution < -0.4 is 0 Å². The number of carbonyl (C=O) groups excluding carboxylic acids is 1. The minimum absolute atomic E-state index is 0.131. The van der Waals surface area contributed by atoms with Crippen molar-refractivity contribution in [2.75, 3.05) is 0 Å². The molecule has 1 saturated carbocycles. The van der Waals surface area contributed by atoms with Crippen molar-refractivity contribution >= 4 is 16.6 Å². The standard InChI is InChI=1S/C24H26O/c1-23(2,3)18-7-5-16-13-21-20(12-17(16)11-18)22(25)8-9-24(21)14-15-4-6-19(24)10-15/h4-5,7,11-13,19H,6,8-10,14H2,1-3H3. The Morgan fingerprint density at radius 1 is 1.08 bits per heavy atom. The van der Waals surface area contributed by atoms with Gasteiger partial charge in [0.15, 0.2) is 5.78 Å². The predicted molar refractivity (Wildman–Crippen MR) is 103 cm³/mol. The normalized spacial score (nSPS) is 27.9. The van der Waals surface area contributed by atoms with Crippen LogP contribution in [0.2, 0.25) is 0 Å². The molecule has 2 aromatic carbocycles. The van der Waals surface area contributed by atoms with Crippen molar-refractivity contribution in [3.63, 3.8) is 0 Å². The Hall–Kier alpha value is -1.89. The molecule has 0 aliphatic heterocycles. The summed E-state index contributed by atoms with van der Waals surface area (Å²) in [5.74, 6) is 1.07. The van der Waals surface area contributed by atoms with Crippen LogP contribution in [0.25, 0.3) is 10.8 Å². The zero-order chi connectivity index (χ0) is 17.4. The van der Waals surface area contributed by atoms with Crippen molar-refractivity contribution in [2.24, 2.45) is 5.92 Å². The van der Waals surface area contributed by atoms with Gasteiger partial charge in [0.05, 0.1) is 0 Å². The maximum Gasteiger partial charge on any atom is 0.163 e. The molecule has 5 rings (SSSR count). The molecule has 1 spiro atoms. The largest absolute Gasteiger partial charge is 0.294 e. The molecule has 2 unspecified atom stereocenters. The zero-order valence-electron chi connectivity index (χ0n) is 15.5. The molecule has 128 valence electrons. The van der Waals surface area contributed by atoms with Gasteiger partial charge in [-0.1, -0.05) is 50.6 Å². The fourth-order valence-electron chi connectivity index (χ4n) is 5.53. The van der Waals surface area contributed by atoms with Gasteiger partial charge in [0.1, 0.15) is 0 Å². The molecule has 0 N–H and O–H groups in total. The number of hydrogen-bond acceptors (Lipinski definition) is 1. The Labute approximate surface area is 150 Å². The Morgan fingerprint density at radius 2 is 1.92 bits per heavy atom. The average molecular weight is 330 g/mol. The monoisotopic (exact) mass is 330 g/mol. The third kappa shape index (κ3) is 2.11. The molecule has 0 saturated heterocycles. The number of ketones is 1. The minimum atomic E-state index is 0.131. The van der Waals surface area contributed by atoms with Crippen molar-refractivity contribution in [1.82, 2.24) is 0 Å². The Balaban J connectivity index is 1.73. The molecule has 2 atom stereocenters. The van der Waals surface area contributed by atoms with E-state index in [0.717, 1.165) is 24.3 Å². The topological polar surface area (TPSA) is 17.1 Å². The zero-order valence-corrected chi connectivity index (χ0v) is 15.5. The summed E-state index contributed by atoms with van der Waals surface area (Å²) in [4.78, 5) is 12.7. The summed E-state index contributed by atoms with van der Waals surface area (Å²) >= 11 is 0. The molecule has 0 radical (unpaired) electrons. The maximum atomic E-state index is 12.7. The molecule has 0 amide bonds. The minimum Gasteiger partial charge on any atom is -0.294 e. The average Bonchev–Trinajstić information content (AvgIpc) is 3.17. The SMILES string of the molecule is CC(C)(C)c1ccc2cc3c(cc2c1)C(=O)CCC31CC2=CCC1C2. The van der Waals surface area contributed by atoms with Crippen LogP contribution in [0.5, 0.6) is 0 Å². The first kappa shape index (κ1) is 15.4. The lowest BCUT2D eigenvalue weighted by molar-refractivity contribution is 0.0940. The van der Waals surface area contributed by atoms with Crippen molar-refractivity contribution in [2.45, 2.75) is 63.7 Å². The van der Waals surface area contributed by atoms with Gasteiger partial charge in [-0.05, 0) is 71.0 Å². The van der Waals surface area contributed by atoms with Crippen molar-refractivity contribution in [3.05, 3.63) is 58.7 Å². The first-order valence-corrected chi connectivity index (χ1v) is 9.67. The molecule has 2 bridgehead atoms. The Bertz CT molecular complexity index is 940. The lowest BCUT2D eigenvalue weighted by Gasteiger charge is -2.41. The molecule has 3 aliphatic carbocycles. The van der Waals surface area contributed by atoms with Crippen LogP contribution in [0, 0.1) is 5.92 Å². The number of Topliss-reactive ketones (excluding diaryl/α,β-unsaturated/α-hetero) is 1. The van der Waals surface area contributed by atoms with E-state index in [1.165, 1.54) is 41.2 Å². The van der Waals surface area contributed by atoms with E-state index in [1.807, 2.05) is 0 Å². The molecule has 3 aliphatic rings. The highest BCUT2D eigenvalue weighted by atomic mass is 16.1. The van der Waals surface area contributed by atoms with Gasteiger partial charge in [-0.25, -0.2) is 0 Å². The van der Waals surface area contributed by atoms with Gasteiger partial charge in [-0.2, -0.15) is 0 Å². The van der Waals surface area contributed by atoms with Gasteiger partial charge < -0.3 is 0 Å². The van der Waals surface area contributed by atoms with Gasteiger partial charge in [-0.15, -0.1) is 0 Å². The number of benzene rings is 2. The molecule has 1 heteroatoms. The van der Waals surface area contributed by atoms with Gasteiger partial charge in [0, 0.05) is 17.4 Å². The summed E-state index contributed by atoms with van der Waals surface area (Å²) in [5.41, 5.74) is 5.71. The van der Waals surface area contributed by atoms with Crippen molar-refractivity contribution < 1.29 is 4.79 Å². The van der Waals surface area contributed by atoms with Crippen molar-refractivity contribution in [1.29, 1.82) is 0 Å². The third-order valence-electron chi connectivity index (χ3n) is 7.00. The van der Waals surface area contributed by atoms with Gasteiger partial charge >= 0.3 is 0 Å². The van der Waals surface area contributed by atoms with Crippen LogP contribution >= 0.6 is 0 Å². The molecular weight excluding hydrogens is 304 g/mol. The summed E-state index contributed by atoms with van der Waals surface area (Å²) in [7, 11) is 0. The van der Waals surface area contributed by atoms with E-state index in [-0.39, 0.29) is 10.8 Å². The molecule has 25 heavy (non-hydrogen) atoms. The fourth-order valence-corrected chi connectivity index (χ4v) is 5.53. The highest BCUT2D eigenvalue weighted by Crippen LogP contribution is 2.59. The van der Waals surface area contributed by atoms with Crippen LogP contribution in [0.15, 0.2) is 42.0 Å². The Kier molecular flexibility index (Phi) is 2.98. The third-order valence-corrected chi connectivity index (χ3v) is 7.00. The van der Waals surface area contributed by atoms with Crippen LogP contribution in [-0.4, -0.2) is 5.78 Å². The highest BCUT2D eigenvalue weighted by Gasteiger charge is 2.51. The summed E-state index contributed by atoms with van der Waals surface area (Å²) in [6.45, 7) is 6.74. The highest BCUT2D eigenvalue weighted by molar-refractivity contribution is 6.03. The second kappa shape index (κ2) is 4.84. The first-order chi connectivity index (χ1) is 11.9. The summed E-state index contributed by atoms with van der Waals surface area (Å²) in [6.07, 6.45) is 7.87.